The molecule has 0 spiro atoms. The smallest absolute Gasteiger partial charge is 0.326 e. The van der Waals surface area contributed by atoms with Gasteiger partial charge in [-0.2, -0.15) is 0 Å². The first-order valence-corrected chi connectivity index (χ1v) is 7.27. The third kappa shape index (κ3) is 3.64. The van der Waals surface area contributed by atoms with E-state index in [0.717, 1.165) is 25.9 Å². The molecule has 1 saturated heterocycles. The summed E-state index contributed by atoms with van der Waals surface area (Å²) < 4.78 is 1.47. The molecule has 1 aliphatic rings. The van der Waals surface area contributed by atoms with E-state index in [1.165, 1.54) is 23.8 Å². The van der Waals surface area contributed by atoms with Gasteiger partial charge in [0.05, 0.1) is 6.20 Å². The van der Waals surface area contributed by atoms with E-state index in [9.17, 15) is 14.7 Å². The number of carboxylic acid groups (broad SMARTS) is 1. The van der Waals surface area contributed by atoms with Crippen molar-refractivity contribution in [3.05, 3.63) is 28.2 Å². The number of rotatable bonds is 4. The van der Waals surface area contributed by atoms with Crippen LogP contribution >= 0.6 is 0 Å². The minimum atomic E-state index is -0.994. The fraction of sp³-hybridized carbons (Fsp3) is 0.600. The number of aliphatic carboxylic acids is 1. The lowest BCUT2D eigenvalue weighted by molar-refractivity contribution is -0.140. The van der Waals surface area contributed by atoms with Gasteiger partial charge in [-0.25, -0.2) is 4.79 Å². The van der Waals surface area contributed by atoms with Crippen LogP contribution in [-0.4, -0.2) is 38.7 Å². The molecule has 0 amide bonds. The van der Waals surface area contributed by atoms with E-state index >= 15 is 0 Å². The lowest BCUT2D eigenvalue weighted by Crippen LogP contribution is -2.34. The van der Waals surface area contributed by atoms with Gasteiger partial charge >= 0.3 is 5.97 Å². The van der Waals surface area contributed by atoms with Gasteiger partial charge in [-0.1, -0.05) is 6.92 Å². The van der Waals surface area contributed by atoms with Gasteiger partial charge in [0.1, 0.15) is 6.04 Å². The van der Waals surface area contributed by atoms with Crippen LogP contribution < -0.4 is 5.43 Å². The predicted octanol–water partition coefficient (Wildman–Crippen LogP) is 1.43. The van der Waals surface area contributed by atoms with Crippen LogP contribution in [0.4, 0.5) is 0 Å². The van der Waals surface area contributed by atoms with Gasteiger partial charge in [-0.3, -0.25) is 9.69 Å². The molecule has 1 unspecified atom stereocenters. The van der Waals surface area contributed by atoms with Crippen LogP contribution in [0.25, 0.3) is 0 Å². The molecule has 0 saturated carbocycles. The van der Waals surface area contributed by atoms with Crippen molar-refractivity contribution in [2.24, 2.45) is 5.92 Å². The molecule has 2 rings (SSSR count). The van der Waals surface area contributed by atoms with Crippen molar-refractivity contribution in [3.63, 3.8) is 0 Å². The third-order valence-electron chi connectivity index (χ3n) is 4.18. The molecule has 1 aliphatic heterocycles. The minimum absolute atomic E-state index is 0.417. The Bertz CT molecular complexity index is 574. The van der Waals surface area contributed by atoms with E-state index in [-0.39, 0.29) is 0 Å². The first-order chi connectivity index (χ1) is 9.88. The Labute approximate surface area is 123 Å². The van der Waals surface area contributed by atoms with Gasteiger partial charge in [0.25, 0.3) is 0 Å². The number of likely N-dealkylation sites (tertiary alicyclic amines) is 1. The average Bonchev–Trinajstić information content (AvgIpc) is 2.44. The molecule has 0 radical (unpaired) electrons. The first kappa shape index (κ1) is 15.6. The van der Waals surface area contributed by atoms with Gasteiger partial charge in [-0.05, 0) is 38.8 Å². The number of carboxylic acids is 1. The van der Waals surface area contributed by atoms with Crippen molar-refractivity contribution in [1.82, 2.24) is 9.47 Å². The summed E-state index contributed by atoms with van der Waals surface area (Å²) in [5, 5.41) is 18.7. The van der Waals surface area contributed by atoms with E-state index in [1.807, 2.05) is 0 Å². The molecule has 0 bridgehead atoms. The van der Waals surface area contributed by atoms with E-state index < -0.39 is 23.2 Å². The lowest BCUT2D eigenvalue weighted by Gasteiger charge is -2.31. The molecular weight excluding hydrogens is 272 g/mol. The second kappa shape index (κ2) is 6.30. The Morgan fingerprint density at radius 2 is 2.05 bits per heavy atom. The summed E-state index contributed by atoms with van der Waals surface area (Å²) >= 11 is 0. The highest BCUT2D eigenvalue weighted by atomic mass is 16.4. The average molecular weight is 294 g/mol. The first-order valence-electron chi connectivity index (χ1n) is 7.27. The number of aromatic nitrogens is 1. The number of hydrogen-bond acceptors (Lipinski definition) is 4. The summed E-state index contributed by atoms with van der Waals surface area (Å²) in [6.45, 7) is 6.17. The van der Waals surface area contributed by atoms with Crippen LogP contribution in [0, 0.1) is 5.92 Å². The van der Waals surface area contributed by atoms with Crippen LogP contribution in [0.5, 0.6) is 5.75 Å². The summed E-state index contributed by atoms with van der Waals surface area (Å²) in [6, 6.07) is 0.516. The summed E-state index contributed by atoms with van der Waals surface area (Å²) in [7, 11) is 0. The van der Waals surface area contributed by atoms with Crippen LogP contribution in [-0.2, 0) is 11.3 Å². The maximum atomic E-state index is 11.6. The minimum Gasteiger partial charge on any atom is -0.503 e. The van der Waals surface area contributed by atoms with Crippen LogP contribution in [0.15, 0.2) is 17.1 Å². The molecule has 1 fully saturated rings. The largest absolute Gasteiger partial charge is 0.503 e. The zero-order valence-corrected chi connectivity index (χ0v) is 12.5. The highest BCUT2D eigenvalue weighted by Crippen LogP contribution is 2.20. The molecule has 1 aromatic heterocycles. The Kier molecular flexibility index (Phi) is 4.67. The molecule has 2 heterocycles. The quantitative estimate of drug-likeness (QED) is 0.878. The van der Waals surface area contributed by atoms with Crippen molar-refractivity contribution >= 4 is 5.97 Å². The lowest BCUT2D eigenvalue weighted by atomic mass is 9.99. The summed E-state index contributed by atoms with van der Waals surface area (Å²) in [4.78, 5) is 25.1. The molecular formula is C15H22N2O4. The van der Waals surface area contributed by atoms with Crippen molar-refractivity contribution in [2.75, 3.05) is 13.1 Å². The highest BCUT2D eigenvalue weighted by Gasteiger charge is 2.21. The molecule has 21 heavy (non-hydrogen) atoms. The van der Waals surface area contributed by atoms with E-state index in [0.29, 0.717) is 18.2 Å². The molecule has 1 aromatic rings. The number of nitrogens with zero attached hydrogens (tertiary/aromatic N) is 2. The van der Waals surface area contributed by atoms with Crippen molar-refractivity contribution in [3.8, 4) is 5.75 Å². The molecule has 116 valence electrons. The van der Waals surface area contributed by atoms with Crippen LogP contribution in [0.1, 0.15) is 38.4 Å². The predicted molar refractivity (Wildman–Crippen MR) is 78.4 cm³/mol. The SMILES string of the molecule is CC1CCN(Cc2cc(=O)c(O)cn2C(C)C(=O)O)CC1. The molecule has 6 nitrogen and oxygen atoms in total. The molecule has 6 heteroatoms. The fourth-order valence-electron chi connectivity index (χ4n) is 2.63. The van der Waals surface area contributed by atoms with Crippen molar-refractivity contribution in [2.45, 2.75) is 39.3 Å². The van der Waals surface area contributed by atoms with Gasteiger partial charge < -0.3 is 14.8 Å². The molecule has 2 N–H and O–H groups in total. The van der Waals surface area contributed by atoms with E-state index in [2.05, 4.69) is 11.8 Å². The summed E-state index contributed by atoms with van der Waals surface area (Å²) in [6.07, 6.45) is 3.44. The maximum Gasteiger partial charge on any atom is 0.326 e. The van der Waals surface area contributed by atoms with Gasteiger partial charge in [0.2, 0.25) is 5.43 Å². The standard InChI is InChI=1S/C15H22N2O4/c1-10-3-5-16(6-4-10)8-12-7-13(18)14(19)9-17(12)11(2)15(20)21/h7,9-11,19H,3-6,8H2,1-2H3,(H,20,21). The summed E-state index contributed by atoms with van der Waals surface area (Å²) in [5.74, 6) is -0.702. The third-order valence-corrected chi connectivity index (χ3v) is 4.18. The fourth-order valence-corrected chi connectivity index (χ4v) is 2.63. The van der Waals surface area contributed by atoms with Crippen molar-refractivity contribution in [1.29, 1.82) is 0 Å². The maximum absolute atomic E-state index is 11.6. The number of pyridine rings is 1. The Hall–Kier alpha value is -1.82. The Morgan fingerprint density at radius 3 is 2.62 bits per heavy atom. The summed E-state index contributed by atoms with van der Waals surface area (Å²) in [5.41, 5.74) is 0.159. The monoisotopic (exact) mass is 294 g/mol. The molecule has 1 atom stereocenters. The van der Waals surface area contributed by atoms with Crippen molar-refractivity contribution < 1.29 is 15.0 Å². The number of piperidine rings is 1. The highest BCUT2D eigenvalue weighted by molar-refractivity contribution is 5.71. The normalized spacial score (nSPS) is 18.6. The van der Waals surface area contributed by atoms with Gasteiger partial charge in [0.15, 0.2) is 5.75 Å². The van der Waals surface area contributed by atoms with E-state index in [4.69, 9.17) is 5.11 Å². The van der Waals surface area contributed by atoms with Crippen LogP contribution in [0.2, 0.25) is 0 Å². The molecule has 0 aliphatic carbocycles. The second-order valence-electron chi connectivity index (χ2n) is 5.89. The van der Waals surface area contributed by atoms with Gasteiger partial charge in [0, 0.05) is 18.3 Å². The second-order valence-corrected chi connectivity index (χ2v) is 5.89. The van der Waals surface area contributed by atoms with E-state index in [1.54, 1.807) is 0 Å². The topological polar surface area (TPSA) is 82.8 Å². The Morgan fingerprint density at radius 1 is 1.43 bits per heavy atom. The van der Waals surface area contributed by atoms with Gasteiger partial charge in [-0.15, -0.1) is 0 Å². The number of carbonyl (C=O) groups is 1. The zero-order chi connectivity index (χ0) is 15.6. The molecule has 0 aromatic carbocycles. The zero-order valence-electron chi connectivity index (χ0n) is 12.5. The number of hydrogen-bond donors (Lipinski definition) is 2. The number of aromatic hydroxyl groups is 1. The van der Waals surface area contributed by atoms with Crippen LogP contribution in [0.3, 0.4) is 0 Å². The Balaban J connectivity index is 2.26.